The van der Waals surface area contributed by atoms with Gasteiger partial charge >= 0.3 is 0 Å². The number of carbonyl (C=O) groups is 1. The summed E-state index contributed by atoms with van der Waals surface area (Å²) in [6.07, 6.45) is 8.09. The number of piperidine rings is 1. The van der Waals surface area contributed by atoms with E-state index in [2.05, 4.69) is 36.3 Å². The van der Waals surface area contributed by atoms with E-state index in [4.69, 9.17) is 0 Å². The molecule has 1 amide bonds. The van der Waals surface area contributed by atoms with Crippen molar-refractivity contribution in [3.8, 4) is 0 Å². The average Bonchev–Trinajstić information content (AvgIpc) is 3.00. The van der Waals surface area contributed by atoms with Gasteiger partial charge in [-0.3, -0.25) is 9.48 Å². The number of aromatic nitrogens is 2. The van der Waals surface area contributed by atoms with E-state index in [0.29, 0.717) is 13.1 Å². The lowest BCUT2D eigenvalue weighted by Crippen LogP contribution is -2.46. The number of likely N-dealkylation sites (tertiary alicyclic amines) is 1. The molecule has 0 radical (unpaired) electrons. The fourth-order valence-electron chi connectivity index (χ4n) is 3.36. The van der Waals surface area contributed by atoms with E-state index in [-0.39, 0.29) is 11.8 Å². The van der Waals surface area contributed by atoms with Crippen molar-refractivity contribution >= 4 is 12.0 Å². The maximum atomic E-state index is 12.3. The van der Waals surface area contributed by atoms with Crippen LogP contribution < -0.4 is 0 Å². The lowest BCUT2D eigenvalue weighted by atomic mass is 9.87. The maximum Gasteiger partial charge on any atom is 0.246 e. The Labute approximate surface area is 148 Å². The third kappa shape index (κ3) is 4.57. The first-order valence-electron chi connectivity index (χ1n) is 8.70. The van der Waals surface area contributed by atoms with Gasteiger partial charge in [-0.05, 0) is 37.3 Å². The second-order valence-electron chi connectivity index (χ2n) is 6.87. The Balaban J connectivity index is 1.55. The van der Waals surface area contributed by atoms with Gasteiger partial charge in [-0.2, -0.15) is 5.10 Å². The highest BCUT2D eigenvalue weighted by Crippen LogP contribution is 2.23. The lowest BCUT2D eigenvalue weighted by molar-refractivity contribution is -0.130. The molecule has 2 heterocycles. The summed E-state index contributed by atoms with van der Waals surface area (Å²) in [5.41, 5.74) is 3.38. The van der Waals surface area contributed by atoms with E-state index in [1.807, 2.05) is 13.2 Å². The summed E-state index contributed by atoms with van der Waals surface area (Å²) in [5, 5.41) is 14.6. The first-order chi connectivity index (χ1) is 12.0. The number of benzene rings is 1. The quantitative estimate of drug-likeness (QED) is 0.869. The van der Waals surface area contributed by atoms with Gasteiger partial charge in [0.15, 0.2) is 0 Å². The number of amides is 1. The molecular weight excluding hydrogens is 314 g/mol. The van der Waals surface area contributed by atoms with E-state index in [9.17, 15) is 9.90 Å². The summed E-state index contributed by atoms with van der Waals surface area (Å²) >= 11 is 0. The number of hydrogen-bond acceptors (Lipinski definition) is 3. The Morgan fingerprint density at radius 1 is 1.44 bits per heavy atom. The van der Waals surface area contributed by atoms with Crippen LogP contribution in [0.2, 0.25) is 0 Å². The maximum absolute atomic E-state index is 12.3. The highest BCUT2D eigenvalue weighted by molar-refractivity contribution is 5.91. The largest absolute Gasteiger partial charge is 0.391 e. The summed E-state index contributed by atoms with van der Waals surface area (Å²) in [6, 6.07) is 8.41. The molecule has 0 saturated carbocycles. The molecule has 5 nitrogen and oxygen atoms in total. The van der Waals surface area contributed by atoms with E-state index in [1.54, 1.807) is 27.9 Å². The number of hydrogen-bond donors (Lipinski definition) is 1. The fraction of sp³-hybridized carbons (Fsp3) is 0.400. The molecule has 2 atom stereocenters. The molecule has 1 aromatic heterocycles. The highest BCUT2D eigenvalue weighted by Gasteiger charge is 2.29. The molecule has 2 aromatic rings. The Bertz CT molecular complexity index is 766. The molecule has 1 saturated heterocycles. The van der Waals surface area contributed by atoms with Crippen LogP contribution in [0.4, 0.5) is 0 Å². The van der Waals surface area contributed by atoms with Crippen LogP contribution in [0, 0.1) is 12.8 Å². The zero-order valence-electron chi connectivity index (χ0n) is 14.8. The summed E-state index contributed by atoms with van der Waals surface area (Å²) in [5.74, 6) is 0.144. The molecule has 3 rings (SSSR count). The van der Waals surface area contributed by atoms with Gasteiger partial charge in [0.2, 0.25) is 5.91 Å². The monoisotopic (exact) mass is 339 g/mol. The first kappa shape index (κ1) is 17.4. The van der Waals surface area contributed by atoms with Crippen LogP contribution in [-0.2, 0) is 18.3 Å². The fourth-order valence-corrected chi connectivity index (χ4v) is 3.36. The molecule has 0 spiro atoms. The topological polar surface area (TPSA) is 58.4 Å². The van der Waals surface area contributed by atoms with Crippen LogP contribution in [0.5, 0.6) is 0 Å². The molecule has 0 unspecified atom stereocenters. The van der Waals surface area contributed by atoms with Gasteiger partial charge < -0.3 is 10.0 Å². The van der Waals surface area contributed by atoms with Crippen LogP contribution in [0.1, 0.15) is 23.1 Å². The molecule has 132 valence electrons. The number of aliphatic hydroxyl groups is 1. The Hall–Kier alpha value is -2.40. The summed E-state index contributed by atoms with van der Waals surface area (Å²) in [7, 11) is 1.84. The second-order valence-corrected chi connectivity index (χ2v) is 6.87. The Kier molecular flexibility index (Phi) is 5.34. The number of carbonyl (C=O) groups excluding carboxylic acids is 1. The lowest BCUT2D eigenvalue weighted by Gasteiger charge is -2.35. The van der Waals surface area contributed by atoms with Crippen LogP contribution in [-0.4, -0.2) is 44.9 Å². The smallest absolute Gasteiger partial charge is 0.246 e. The summed E-state index contributed by atoms with van der Waals surface area (Å²) in [4.78, 5) is 14.1. The zero-order valence-corrected chi connectivity index (χ0v) is 14.8. The molecule has 1 aliphatic heterocycles. The van der Waals surface area contributed by atoms with Crippen LogP contribution in [0.15, 0.2) is 42.7 Å². The number of nitrogens with zero attached hydrogens (tertiary/aromatic N) is 3. The number of β-amino-alcohol motifs (C(OH)–C–C–N with tert-alkyl or cyclic N) is 1. The van der Waals surface area contributed by atoms with Gasteiger partial charge in [0.1, 0.15) is 0 Å². The molecule has 0 bridgehead atoms. The third-order valence-corrected chi connectivity index (χ3v) is 4.76. The standard InChI is InChI=1S/C20H25N3O2/c1-15-4-3-5-16(10-15)11-18-8-9-23(14-19(18)24)20(25)7-6-17-12-21-22(2)13-17/h3-7,10,12-13,18-19,24H,8-9,11,14H2,1-2H3/b7-6+/t18-,19+/m1/s1. The van der Waals surface area contributed by atoms with E-state index in [1.165, 1.54) is 11.1 Å². The second kappa shape index (κ2) is 7.66. The number of aliphatic hydroxyl groups excluding tert-OH is 1. The molecule has 25 heavy (non-hydrogen) atoms. The van der Waals surface area contributed by atoms with Gasteiger partial charge in [0, 0.05) is 38.0 Å². The van der Waals surface area contributed by atoms with Gasteiger partial charge in [-0.1, -0.05) is 29.8 Å². The molecular formula is C20H25N3O2. The van der Waals surface area contributed by atoms with Crippen LogP contribution >= 0.6 is 0 Å². The van der Waals surface area contributed by atoms with Crippen molar-refractivity contribution in [3.05, 3.63) is 59.4 Å². The molecule has 5 heteroatoms. The predicted octanol–water partition coefficient (Wildman–Crippen LogP) is 2.19. The van der Waals surface area contributed by atoms with Crippen molar-refractivity contribution in [1.29, 1.82) is 0 Å². The summed E-state index contributed by atoms with van der Waals surface area (Å²) in [6.45, 7) is 3.16. The normalized spacial score (nSPS) is 21.0. The minimum atomic E-state index is -0.481. The minimum absolute atomic E-state index is 0.0584. The average molecular weight is 339 g/mol. The highest BCUT2D eigenvalue weighted by atomic mass is 16.3. The minimum Gasteiger partial charge on any atom is -0.391 e. The van der Waals surface area contributed by atoms with Gasteiger partial charge in [0.25, 0.3) is 0 Å². The van der Waals surface area contributed by atoms with Crippen molar-refractivity contribution in [3.63, 3.8) is 0 Å². The van der Waals surface area contributed by atoms with Gasteiger partial charge in [-0.15, -0.1) is 0 Å². The van der Waals surface area contributed by atoms with Crippen molar-refractivity contribution in [1.82, 2.24) is 14.7 Å². The van der Waals surface area contributed by atoms with E-state index < -0.39 is 6.10 Å². The Morgan fingerprint density at radius 2 is 2.28 bits per heavy atom. The Morgan fingerprint density at radius 3 is 2.96 bits per heavy atom. The van der Waals surface area contributed by atoms with Gasteiger partial charge in [0.05, 0.1) is 12.3 Å². The molecule has 1 fully saturated rings. The number of aryl methyl sites for hydroxylation is 2. The van der Waals surface area contributed by atoms with Crippen molar-refractivity contribution in [2.24, 2.45) is 13.0 Å². The molecule has 1 N–H and O–H groups in total. The third-order valence-electron chi connectivity index (χ3n) is 4.76. The predicted molar refractivity (Wildman–Crippen MR) is 97.8 cm³/mol. The van der Waals surface area contributed by atoms with Crippen molar-refractivity contribution in [2.45, 2.75) is 25.9 Å². The zero-order chi connectivity index (χ0) is 17.8. The molecule has 1 aliphatic rings. The number of rotatable bonds is 4. The van der Waals surface area contributed by atoms with E-state index in [0.717, 1.165) is 18.4 Å². The van der Waals surface area contributed by atoms with Crippen molar-refractivity contribution in [2.75, 3.05) is 13.1 Å². The van der Waals surface area contributed by atoms with Crippen molar-refractivity contribution < 1.29 is 9.90 Å². The molecule has 1 aromatic carbocycles. The first-order valence-corrected chi connectivity index (χ1v) is 8.70. The molecule has 0 aliphatic carbocycles. The summed E-state index contributed by atoms with van der Waals surface area (Å²) < 4.78 is 1.70. The SMILES string of the molecule is Cc1cccc(C[C@H]2CCN(C(=O)/C=C/c3cnn(C)c3)C[C@@H]2O)c1. The van der Waals surface area contributed by atoms with Crippen LogP contribution in [0.25, 0.3) is 6.08 Å². The van der Waals surface area contributed by atoms with E-state index >= 15 is 0 Å². The van der Waals surface area contributed by atoms with Gasteiger partial charge in [-0.25, -0.2) is 0 Å². The van der Waals surface area contributed by atoms with Crippen LogP contribution in [0.3, 0.4) is 0 Å².